The lowest BCUT2D eigenvalue weighted by Crippen LogP contribution is -2.39. The van der Waals surface area contributed by atoms with Crippen molar-refractivity contribution in [2.24, 2.45) is 0 Å². The highest BCUT2D eigenvalue weighted by atomic mass is 16.5. The van der Waals surface area contributed by atoms with Crippen LogP contribution >= 0.6 is 0 Å². The van der Waals surface area contributed by atoms with E-state index in [9.17, 15) is 4.79 Å². The Labute approximate surface area is 175 Å². The number of ether oxygens (including phenoxy) is 1. The molecule has 1 N–H and O–H groups in total. The normalized spacial score (nSPS) is 13.6. The highest BCUT2D eigenvalue weighted by molar-refractivity contribution is 5.88. The van der Waals surface area contributed by atoms with Crippen LogP contribution in [0.2, 0.25) is 0 Å². The molecule has 1 saturated heterocycles. The van der Waals surface area contributed by atoms with Gasteiger partial charge in [-0.2, -0.15) is 5.10 Å². The molecule has 1 aliphatic heterocycles. The average Bonchev–Trinajstić information content (AvgIpc) is 2.77. The number of likely N-dealkylation sites (tertiary alicyclic amines) is 1. The molecule has 1 fully saturated rings. The van der Waals surface area contributed by atoms with E-state index >= 15 is 0 Å². The standard InChI is InChI=1S/C23H23N5O2/c1-17-7-8-22(24-16-17)30-20-5-2-4-19(15-20)14-18-9-12-28(13-10-18)23(29)26-21-6-3-11-25-27-21/h2-8,11,14-16H,9-10,12-13H2,1H3,(H,26,27,29). The summed E-state index contributed by atoms with van der Waals surface area (Å²) in [5.41, 5.74) is 3.48. The van der Waals surface area contributed by atoms with Crippen LogP contribution in [0.5, 0.6) is 11.6 Å². The SMILES string of the molecule is Cc1ccc(Oc2cccc(C=C3CCN(C(=O)Nc4cccnn4)CC3)c2)nc1. The molecular weight excluding hydrogens is 378 g/mol. The zero-order valence-electron chi connectivity index (χ0n) is 16.8. The largest absolute Gasteiger partial charge is 0.439 e. The number of aryl methyl sites for hydroxylation is 1. The number of aromatic nitrogens is 3. The molecule has 0 atom stereocenters. The number of nitrogens with one attached hydrogen (secondary N) is 1. The van der Waals surface area contributed by atoms with Gasteiger partial charge in [-0.15, -0.1) is 5.10 Å². The van der Waals surface area contributed by atoms with Crippen molar-refractivity contribution in [1.82, 2.24) is 20.1 Å². The van der Waals surface area contributed by atoms with E-state index in [1.165, 1.54) is 5.57 Å². The number of hydrogen-bond donors (Lipinski definition) is 1. The van der Waals surface area contributed by atoms with E-state index in [0.717, 1.165) is 29.7 Å². The van der Waals surface area contributed by atoms with Crippen LogP contribution in [0.3, 0.4) is 0 Å². The maximum atomic E-state index is 12.4. The number of urea groups is 1. The van der Waals surface area contributed by atoms with Gasteiger partial charge in [0.15, 0.2) is 5.82 Å². The first-order valence-corrected chi connectivity index (χ1v) is 9.89. The predicted octanol–water partition coefficient (Wildman–Crippen LogP) is 4.68. The van der Waals surface area contributed by atoms with Gasteiger partial charge in [0.2, 0.25) is 5.88 Å². The predicted molar refractivity (Wildman–Crippen MR) is 115 cm³/mol. The van der Waals surface area contributed by atoms with Gasteiger partial charge in [-0.05, 0) is 55.2 Å². The van der Waals surface area contributed by atoms with Crippen LogP contribution in [0.15, 0.2) is 66.5 Å². The fraction of sp³-hybridized carbons (Fsp3) is 0.217. The molecule has 0 saturated carbocycles. The number of amides is 2. The quantitative estimate of drug-likeness (QED) is 0.686. The van der Waals surface area contributed by atoms with Crippen LogP contribution in [0.25, 0.3) is 6.08 Å². The summed E-state index contributed by atoms with van der Waals surface area (Å²) in [5.74, 6) is 1.79. The van der Waals surface area contributed by atoms with E-state index in [1.807, 2.05) is 37.3 Å². The molecule has 2 aromatic heterocycles. The Morgan fingerprint density at radius 3 is 2.73 bits per heavy atom. The molecule has 7 heteroatoms. The Bertz CT molecular complexity index is 1020. The van der Waals surface area contributed by atoms with E-state index in [1.54, 1.807) is 29.4 Å². The topological polar surface area (TPSA) is 80.2 Å². The number of anilines is 1. The van der Waals surface area contributed by atoms with Crippen LogP contribution in [-0.4, -0.2) is 39.2 Å². The van der Waals surface area contributed by atoms with E-state index in [4.69, 9.17) is 4.74 Å². The number of benzene rings is 1. The molecule has 0 aliphatic carbocycles. The van der Waals surface area contributed by atoms with Crippen molar-refractivity contribution in [3.8, 4) is 11.6 Å². The Kier molecular flexibility index (Phi) is 5.98. The molecule has 0 spiro atoms. The van der Waals surface area contributed by atoms with Crippen molar-refractivity contribution >= 4 is 17.9 Å². The molecule has 3 heterocycles. The smallest absolute Gasteiger partial charge is 0.323 e. The summed E-state index contributed by atoms with van der Waals surface area (Å²) >= 11 is 0. The van der Waals surface area contributed by atoms with Gasteiger partial charge in [0.05, 0.1) is 0 Å². The third-order valence-corrected chi connectivity index (χ3v) is 4.84. The second-order valence-corrected chi connectivity index (χ2v) is 7.18. The molecule has 2 amide bonds. The van der Waals surface area contributed by atoms with Crippen molar-refractivity contribution < 1.29 is 9.53 Å². The van der Waals surface area contributed by atoms with Crippen molar-refractivity contribution in [3.63, 3.8) is 0 Å². The molecule has 0 radical (unpaired) electrons. The molecule has 1 aromatic carbocycles. The Hall–Kier alpha value is -3.74. The number of carbonyl (C=O) groups is 1. The summed E-state index contributed by atoms with van der Waals surface area (Å²) in [4.78, 5) is 18.5. The van der Waals surface area contributed by atoms with Gasteiger partial charge in [-0.1, -0.05) is 29.8 Å². The molecule has 1 aliphatic rings. The molecule has 4 rings (SSSR count). The highest BCUT2D eigenvalue weighted by Crippen LogP contribution is 2.24. The first-order chi connectivity index (χ1) is 14.7. The monoisotopic (exact) mass is 401 g/mol. The second kappa shape index (κ2) is 9.17. The highest BCUT2D eigenvalue weighted by Gasteiger charge is 2.19. The molecule has 7 nitrogen and oxygen atoms in total. The summed E-state index contributed by atoms with van der Waals surface area (Å²) < 4.78 is 5.86. The minimum Gasteiger partial charge on any atom is -0.439 e. The number of pyridine rings is 1. The van der Waals surface area contributed by atoms with Crippen LogP contribution in [0.4, 0.5) is 10.6 Å². The summed E-state index contributed by atoms with van der Waals surface area (Å²) in [7, 11) is 0. The van der Waals surface area contributed by atoms with Crippen molar-refractivity contribution in [3.05, 3.63) is 77.6 Å². The van der Waals surface area contributed by atoms with Gasteiger partial charge in [0, 0.05) is 31.5 Å². The number of nitrogens with zero attached hydrogens (tertiary/aromatic N) is 4. The van der Waals surface area contributed by atoms with Crippen LogP contribution in [0, 0.1) is 6.92 Å². The number of rotatable bonds is 4. The lowest BCUT2D eigenvalue weighted by molar-refractivity contribution is 0.207. The van der Waals surface area contributed by atoms with E-state index < -0.39 is 0 Å². The van der Waals surface area contributed by atoms with Crippen LogP contribution in [-0.2, 0) is 0 Å². The Morgan fingerprint density at radius 1 is 1.13 bits per heavy atom. The summed E-state index contributed by atoms with van der Waals surface area (Å²) in [5, 5.41) is 10.4. The van der Waals surface area contributed by atoms with Crippen LogP contribution in [0.1, 0.15) is 24.0 Å². The lowest BCUT2D eigenvalue weighted by Gasteiger charge is -2.28. The molecule has 30 heavy (non-hydrogen) atoms. The molecule has 3 aromatic rings. The maximum Gasteiger partial charge on any atom is 0.323 e. The molecule has 0 bridgehead atoms. The van der Waals surface area contributed by atoms with Crippen molar-refractivity contribution in [2.45, 2.75) is 19.8 Å². The van der Waals surface area contributed by atoms with Gasteiger partial charge in [-0.3, -0.25) is 5.32 Å². The zero-order valence-corrected chi connectivity index (χ0v) is 16.8. The fourth-order valence-electron chi connectivity index (χ4n) is 3.24. The minimum absolute atomic E-state index is 0.143. The fourth-order valence-corrected chi connectivity index (χ4v) is 3.24. The minimum atomic E-state index is -0.143. The van der Waals surface area contributed by atoms with E-state index in [2.05, 4.69) is 32.6 Å². The summed E-state index contributed by atoms with van der Waals surface area (Å²) in [6.45, 7) is 3.33. The molecular formula is C23H23N5O2. The molecule has 0 unspecified atom stereocenters. The van der Waals surface area contributed by atoms with E-state index in [0.29, 0.717) is 24.8 Å². The summed E-state index contributed by atoms with van der Waals surface area (Å²) in [6, 6.07) is 15.1. The average molecular weight is 401 g/mol. The van der Waals surface area contributed by atoms with Gasteiger partial charge < -0.3 is 9.64 Å². The van der Waals surface area contributed by atoms with Gasteiger partial charge in [0.1, 0.15) is 5.75 Å². The second-order valence-electron chi connectivity index (χ2n) is 7.18. The molecule has 152 valence electrons. The third-order valence-electron chi connectivity index (χ3n) is 4.84. The number of carbonyl (C=O) groups excluding carboxylic acids is 1. The number of hydrogen-bond acceptors (Lipinski definition) is 5. The van der Waals surface area contributed by atoms with Gasteiger partial charge in [0.25, 0.3) is 0 Å². The van der Waals surface area contributed by atoms with Gasteiger partial charge >= 0.3 is 6.03 Å². The van der Waals surface area contributed by atoms with Crippen molar-refractivity contribution in [2.75, 3.05) is 18.4 Å². The Balaban J connectivity index is 1.35. The van der Waals surface area contributed by atoms with Crippen LogP contribution < -0.4 is 10.1 Å². The van der Waals surface area contributed by atoms with E-state index in [-0.39, 0.29) is 6.03 Å². The summed E-state index contributed by atoms with van der Waals surface area (Å²) in [6.07, 6.45) is 7.20. The maximum absolute atomic E-state index is 12.4. The number of piperidine rings is 1. The Morgan fingerprint density at radius 2 is 2.00 bits per heavy atom. The zero-order chi connectivity index (χ0) is 20.8. The third kappa shape index (κ3) is 5.20. The van der Waals surface area contributed by atoms with Gasteiger partial charge in [-0.25, -0.2) is 9.78 Å². The first kappa shape index (κ1) is 19.6. The van der Waals surface area contributed by atoms with Crippen molar-refractivity contribution in [1.29, 1.82) is 0 Å². The first-order valence-electron chi connectivity index (χ1n) is 9.89. The lowest BCUT2D eigenvalue weighted by atomic mass is 10.0.